The van der Waals surface area contributed by atoms with Gasteiger partial charge in [0.05, 0.1) is 25.9 Å². The normalized spacial score (nSPS) is 10.3. The van der Waals surface area contributed by atoms with Crippen LogP contribution in [0.1, 0.15) is 10.4 Å². The van der Waals surface area contributed by atoms with Crippen molar-refractivity contribution in [3.05, 3.63) is 28.8 Å². The van der Waals surface area contributed by atoms with E-state index in [9.17, 15) is 4.79 Å². The Kier molecular flexibility index (Phi) is 6.62. The average Bonchev–Trinajstić information content (AvgIpc) is 2.42. The Morgan fingerprint density at radius 3 is 2.68 bits per heavy atom. The molecule has 0 heterocycles. The van der Waals surface area contributed by atoms with E-state index in [1.54, 1.807) is 25.3 Å². The van der Waals surface area contributed by atoms with Crippen LogP contribution >= 0.6 is 11.6 Å². The summed E-state index contributed by atoms with van der Waals surface area (Å²) in [6.07, 6.45) is 0. The summed E-state index contributed by atoms with van der Waals surface area (Å²) in [5.41, 5.74) is 0.375. The first-order chi connectivity index (χ1) is 9.13. The Morgan fingerprint density at radius 2 is 2.11 bits per heavy atom. The maximum absolute atomic E-state index is 12.4. The van der Waals surface area contributed by atoms with Gasteiger partial charge in [0.2, 0.25) is 0 Å². The van der Waals surface area contributed by atoms with E-state index < -0.39 is 0 Å². The molecule has 1 amide bonds. The molecule has 0 aromatic heterocycles. The highest BCUT2D eigenvalue weighted by Gasteiger charge is 2.19. The van der Waals surface area contributed by atoms with Crippen LogP contribution in [-0.4, -0.2) is 56.4 Å². The fourth-order valence-corrected chi connectivity index (χ4v) is 1.83. The standard InChI is InChI=1S/C13H18ClNO4/c1-18-8-6-15(5-7-16)13(17)11-9-10(14)3-4-12(11)19-2/h3-4,9,16H,5-8H2,1-2H3. The topological polar surface area (TPSA) is 59.0 Å². The third-order valence-electron chi connectivity index (χ3n) is 2.61. The third kappa shape index (κ3) is 4.38. The molecule has 0 atom stereocenters. The summed E-state index contributed by atoms with van der Waals surface area (Å²) in [4.78, 5) is 13.9. The molecule has 0 radical (unpaired) electrons. The largest absolute Gasteiger partial charge is 0.496 e. The molecule has 1 aromatic carbocycles. The number of carbonyl (C=O) groups is 1. The molecule has 0 unspecified atom stereocenters. The van der Waals surface area contributed by atoms with E-state index in [2.05, 4.69) is 0 Å². The molecule has 106 valence electrons. The summed E-state index contributed by atoms with van der Waals surface area (Å²) in [6, 6.07) is 4.85. The molecule has 0 spiro atoms. The molecule has 0 aliphatic carbocycles. The summed E-state index contributed by atoms with van der Waals surface area (Å²) in [7, 11) is 3.05. The maximum atomic E-state index is 12.4. The van der Waals surface area contributed by atoms with Crippen molar-refractivity contribution in [1.82, 2.24) is 4.90 Å². The monoisotopic (exact) mass is 287 g/mol. The number of amides is 1. The van der Waals surface area contributed by atoms with Gasteiger partial charge in [0.15, 0.2) is 0 Å². The maximum Gasteiger partial charge on any atom is 0.257 e. The van der Waals surface area contributed by atoms with Crippen LogP contribution < -0.4 is 4.74 Å². The third-order valence-corrected chi connectivity index (χ3v) is 2.85. The fourth-order valence-electron chi connectivity index (χ4n) is 1.65. The molecule has 1 rings (SSSR count). The molecule has 5 nitrogen and oxygen atoms in total. The van der Waals surface area contributed by atoms with E-state index in [-0.39, 0.29) is 19.1 Å². The van der Waals surface area contributed by atoms with Crippen LogP contribution in [0, 0.1) is 0 Å². The fraction of sp³-hybridized carbons (Fsp3) is 0.462. The lowest BCUT2D eigenvalue weighted by Crippen LogP contribution is -2.36. The summed E-state index contributed by atoms with van der Waals surface area (Å²) in [5.74, 6) is 0.209. The van der Waals surface area contributed by atoms with Gasteiger partial charge in [-0.3, -0.25) is 4.79 Å². The Hall–Kier alpha value is -1.30. The molecule has 0 aliphatic heterocycles. The number of ether oxygens (including phenoxy) is 2. The SMILES string of the molecule is COCCN(CCO)C(=O)c1cc(Cl)ccc1OC. The van der Waals surface area contributed by atoms with Crippen molar-refractivity contribution in [2.24, 2.45) is 0 Å². The van der Waals surface area contributed by atoms with Crippen molar-refractivity contribution in [1.29, 1.82) is 0 Å². The second kappa shape index (κ2) is 7.99. The van der Waals surface area contributed by atoms with Crippen LogP contribution in [0.2, 0.25) is 5.02 Å². The Balaban J connectivity index is 2.97. The number of hydrogen-bond acceptors (Lipinski definition) is 4. The van der Waals surface area contributed by atoms with Gasteiger partial charge in [0, 0.05) is 25.2 Å². The number of rotatable bonds is 7. The lowest BCUT2D eigenvalue weighted by atomic mass is 10.1. The molecule has 1 N–H and O–H groups in total. The van der Waals surface area contributed by atoms with E-state index in [1.807, 2.05) is 0 Å². The van der Waals surface area contributed by atoms with E-state index in [1.165, 1.54) is 12.0 Å². The minimum absolute atomic E-state index is 0.113. The molecular weight excluding hydrogens is 270 g/mol. The van der Waals surface area contributed by atoms with Gasteiger partial charge in [-0.1, -0.05) is 11.6 Å². The molecule has 19 heavy (non-hydrogen) atoms. The second-order valence-corrected chi connectivity index (χ2v) is 4.29. The van der Waals surface area contributed by atoms with Gasteiger partial charge in [0.1, 0.15) is 5.75 Å². The first-order valence-electron chi connectivity index (χ1n) is 5.86. The lowest BCUT2D eigenvalue weighted by Gasteiger charge is -2.22. The predicted octanol–water partition coefficient (Wildman–Crippen LogP) is 1.43. The number of benzene rings is 1. The van der Waals surface area contributed by atoms with Crippen molar-refractivity contribution in [3.63, 3.8) is 0 Å². The number of nitrogens with zero attached hydrogens (tertiary/aromatic N) is 1. The van der Waals surface area contributed by atoms with Crippen molar-refractivity contribution in [2.75, 3.05) is 40.5 Å². The van der Waals surface area contributed by atoms with Crippen LogP contribution in [0.15, 0.2) is 18.2 Å². The van der Waals surface area contributed by atoms with E-state index in [0.29, 0.717) is 29.5 Å². The van der Waals surface area contributed by atoms with Crippen molar-refractivity contribution >= 4 is 17.5 Å². The van der Waals surface area contributed by atoms with Gasteiger partial charge in [-0.25, -0.2) is 0 Å². The summed E-state index contributed by atoms with van der Waals surface area (Å²) in [6.45, 7) is 0.913. The highest BCUT2D eigenvalue weighted by atomic mass is 35.5. The van der Waals surface area contributed by atoms with Crippen LogP contribution in [0.5, 0.6) is 5.75 Å². The molecule has 6 heteroatoms. The van der Waals surface area contributed by atoms with E-state index in [0.717, 1.165) is 0 Å². The summed E-state index contributed by atoms with van der Waals surface area (Å²) < 4.78 is 10.1. The van der Waals surface area contributed by atoms with Gasteiger partial charge in [0.25, 0.3) is 5.91 Å². The quantitative estimate of drug-likeness (QED) is 0.824. The van der Waals surface area contributed by atoms with Crippen LogP contribution in [0.25, 0.3) is 0 Å². The number of aliphatic hydroxyl groups is 1. The molecule has 0 aliphatic rings. The molecular formula is C13H18ClNO4. The van der Waals surface area contributed by atoms with Gasteiger partial charge in [-0.2, -0.15) is 0 Å². The highest BCUT2D eigenvalue weighted by Crippen LogP contribution is 2.24. The van der Waals surface area contributed by atoms with Crippen LogP contribution in [0.4, 0.5) is 0 Å². The number of halogens is 1. The Morgan fingerprint density at radius 1 is 1.37 bits per heavy atom. The minimum atomic E-state index is -0.245. The van der Waals surface area contributed by atoms with Crippen molar-refractivity contribution < 1.29 is 19.4 Å². The minimum Gasteiger partial charge on any atom is -0.496 e. The predicted molar refractivity (Wildman–Crippen MR) is 72.9 cm³/mol. The van der Waals surface area contributed by atoms with Gasteiger partial charge >= 0.3 is 0 Å². The molecule has 1 aromatic rings. The summed E-state index contributed by atoms with van der Waals surface area (Å²) in [5, 5.41) is 9.48. The Labute approximate surface area is 117 Å². The Bertz CT molecular complexity index is 425. The molecule has 0 bridgehead atoms. The van der Waals surface area contributed by atoms with Crippen LogP contribution in [0.3, 0.4) is 0 Å². The van der Waals surface area contributed by atoms with Crippen molar-refractivity contribution in [3.8, 4) is 5.75 Å². The molecule has 0 saturated heterocycles. The summed E-state index contributed by atoms with van der Waals surface area (Å²) >= 11 is 5.90. The number of aliphatic hydroxyl groups excluding tert-OH is 1. The van der Waals surface area contributed by atoms with E-state index in [4.69, 9.17) is 26.2 Å². The van der Waals surface area contributed by atoms with E-state index >= 15 is 0 Å². The number of methoxy groups -OCH3 is 2. The average molecular weight is 288 g/mol. The second-order valence-electron chi connectivity index (χ2n) is 3.85. The first-order valence-corrected chi connectivity index (χ1v) is 6.24. The number of carbonyl (C=O) groups excluding carboxylic acids is 1. The highest BCUT2D eigenvalue weighted by molar-refractivity contribution is 6.31. The zero-order valence-corrected chi connectivity index (χ0v) is 11.8. The lowest BCUT2D eigenvalue weighted by molar-refractivity contribution is 0.0653. The molecule has 0 fully saturated rings. The zero-order valence-electron chi connectivity index (χ0n) is 11.1. The van der Waals surface area contributed by atoms with Gasteiger partial charge in [-0.15, -0.1) is 0 Å². The van der Waals surface area contributed by atoms with Crippen molar-refractivity contribution in [2.45, 2.75) is 0 Å². The van der Waals surface area contributed by atoms with Gasteiger partial charge < -0.3 is 19.5 Å². The molecule has 0 saturated carbocycles. The number of hydrogen-bond donors (Lipinski definition) is 1. The van der Waals surface area contributed by atoms with Crippen LogP contribution in [-0.2, 0) is 4.74 Å². The van der Waals surface area contributed by atoms with Gasteiger partial charge in [-0.05, 0) is 18.2 Å². The zero-order chi connectivity index (χ0) is 14.3. The smallest absolute Gasteiger partial charge is 0.257 e. The first kappa shape index (κ1) is 15.8.